The Labute approximate surface area is 114 Å². The molecule has 0 radical (unpaired) electrons. The van der Waals surface area contributed by atoms with Gasteiger partial charge in [0.05, 0.1) is 7.11 Å². The zero-order valence-electron chi connectivity index (χ0n) is 11.2. The van der Waals surface area contributed by atoms with E-state index >= 15 is 0 Å². The van der Waals surface area contributed by atoms with Crippen LogP contribution in [-0.4, -0.2) is 36.1 Å². The van der Waals surface area contributed by atoms with Gasteiger partial charge in [-0.05, 0) is 24.1 Å². The maximum absolute atomic E-state index is 5.89. The number of ether oxygens (including phenoxy) is 1. The fourth-order valence-electron chi connectivity index (χ4n) is 2.32. The Morgan fingerprint density at radius 2 is 2.28 bits per heavy atom. The Kier molecular flexibility index (Phi) is 4.78. The van der Waals surface area contributed by atoms with Gasteiger partial charge in [-0.1, -0.05) is 6.92 Å². The lowest BCUT2D eigenvalue weighted by Gasteiger charge is -2.32. The fourth-order valence-corrected chi connectivity index (χ4v) is 3.57. The van der Waals surface area contributed by atoms with Crippen LogP contribution in [0.1, 0.15) is 18.9 Å². The molecule has 0 aliphatic carbocycles. The van der Waals surface area contributed by atoms with Crippen molar-refractivity contribution in [3.63, 3.8) is 0 Å². The first-order valence-corrected chi connectivity index (χ1v) is 7.53. The molecule has 1 saturated heterocycles. The number of benzene rings is 1. The number of anilines is 1. The number of nitrogens with two attached hydrogens (primary N) is 1. The molecule has 3 nitrogen and oxygen atoms in total. The van der Waals surface area contributed by atoms with Gasteiger partial charge in [0.1, 0.15) is 5.75 Å². The zero-order valence-corrected chi connectivity index (χ0v) is 12.0. The van der Waals surface area contributed by atoms with Crippen LogP contribution in [0.25, 0.3) is 0 Å². The zero-order chi connectivity index (χ0) is 13.0. The Hall–Kier alpha value is -0.870. The molecule has 0 bridgehead atoms. The average molecular weight is 266 g/mol. The van der Waals surface area contributed by atoms with Crippen LogP contribution in [0.2, 0.25) is 0 Å². The molecule has 0 spiro atoms. The van der Waals surface area contributed by atoms with Crippen LogP contribution >= 0.6 is 11.8 Å². The number of hydrogen-bond acceptors (Lipinski definition) is 4. The molecule has 1 unspecified atom stereocenters. The maximum Gasteiger partial charge on any atom is 0.121 e. The van der Waals surface area contributed by atoms with Gasteiger partial charge in [-0.25, -0.2) is 0 Å². The Balaban J connectivity index is 2.02. The molecule has 0 saturated carbocycles. The molecule has 0 aromatic heterocycles. The lowest BCUT2D eigenvalue weighted by molar-refractivity contribution is 0.273. The quantitative estimate of drug-likeness (QED) is 0.850. The minimum atomic E-state index is 0.779. The molecule has 0 amide bonds. The van der Waals surface area contributed by atoms with Gasteiger partial charge in [0.25, 0.3) is 0 Å². The van der Waals surface area contributed by atoms with E-state index in [0.29, 0.717) is 0 Å². The third-order valence-corrected chi connectivity index (χ3v) is 4.68. The van der Waals surface area contributed by atoms with Crippen molar-refractivity contribution in [1.82, 2.24) is 4.90 Å². The molecule has 1 heterocycles. The summed E-state index contributed by atoms with van der Waals surface area (Å²) in [6, 6.07) is 5.99. The first kappa shape index (κ1) is 13.6. The Morgan fingerprint density at radius 3 is 3.00 bits per heavy atom. The van der Waals surface area contributed by atoms with Crippen molar-refractivity contribution >= 4 is 17.4 Å². The van der Waals surface area contributed by atoms with Crippen molar-refractivity contribution in [2.45, 2.75) is 25.1 Å². The molecule has 1 atom stereocenters. The van der Waals surface area contributed by atoms with Crippen LogP contribution in [0.15, 0.2) is 18.2 Å². The summed E-state index contributed by atoms with van der Waals surface area (Å²) in [6.45, 7) is 5.58. The fraction of sp³-hybridized carbons (Fsp3) is 0.571. The predicted octanol–water partition coefficient (Wildman–Crippen LogP) is 2.60. The van der Waals surface area contributed by atoms with E-state index < -0.39 is 0 Å². The second-order valence-electron chi connectivity index (χ2n) is 4.75. The van der Waals surface area contributed by atoms with Crippen molar-refractivity contribution in [2.75, 3.05) is 31.7 Å². The van der Waals surface area contributed by atoms with E-state index in [1.54, 1.807) is 7.11 Å². The largest absolute Gasteiger partial charge is 0.497 e. The normalized spacial score (nSPS) is 20.9. The highest BCUT2D eigenvalue weighted by molar-refractivity contribution is 8.00. The summed E-state index contributed by atoms with van der Waals surface area (Å²) in [5.41, 5.74) is 7.92. The highest BCUT2D eigenvalue weighted by Gasteiger charge is 2.19. The number of nitrogen functional groups attached to an aromatic ring is 1. The average Bonchev–Trinajstić information content (AvgIpc) is 2.38. The van der Waals surface area contributed by atoms with Crippen LogP contribution in [0.4, 0.5) is 5.69 Å². The standard InChI is InChI=1S/C14H22N2OS/c1-3-14-10-16(4-5-18-14)9-11-6-12(15)8-13(7-11)17-2/h6-8,14H,3-5,9-10,15H2,1-2H3. The molecule has 1 aromatic rings. The number of hydrogen-bond donors (Lipinski definition) is 1. The minimum Gasteiger partial charge on any atom is -0.497 e. The summed E-state index contributed by atoms with van der Waals surface area (Å²) in [5, 5.41) is 0.779. The SMILES string of the molecule is CCC1CN(Cc2cc(N)cc(OC)c2)CCS1. The van der Waals surface area contributed by atoms with Crippen LogP contribution in [0.3, 0.4) is 0 Å². The van der Waals surface area contributed by atoms with Gasteiger partial charge < -0.3 is 10.5 Å². The smallest absolute Gasteiger partial charge is 0.121 e. The molecule has 100 valence electrons. The highest BCUT2D eigenvalue weighted by Crippen LogP contribution is 2.24. The summed E-state index contributed by atoms with van der Waals surface area (Å²) in [5.74, 6) is 2.08. The third kappa shape index (κ3) is 3.56. The molecule has 2 rings (SSSR count). The molecule has 1 aromatic carbocycles. The third-order valence-electron chi connectivity index (χ3n) is 3.31. The van der Waals surface area contributed by atoms with E-state index in [2.05, 4.69) is 29.7 Å². The van der Waals surface area contributed by atoms with E-state index in [-0.39, 0.29) is 0 Å². The molecular weight excluding hydrogens is 244 g/mol. The van der Waals surface area contributed by atoms with Gasteiger partial charge in [-0.2, -0.15) is 11.8 Å². The summed E-state index contributed by atoms with van der Waals surface area (Å²) >= 11 is 2.10. The van der Waals surface area contributed by atoms with E-state index in [4.69, 9.17) is 10.5 Å². The van der Waals surface area contributed by atoms with Gasteiger partial charge in [-0.3, -0.25) is 4.90 Å². The van der Waals surface area contributed by atoms with Crippen LogP contribution in [0, 0.1) is 0 Å². The number of methoxy groups -OCH3 is 1. The van der Waals surface area contributed by atoms with Gasteiger partial charge in [-0.15, -0.1) is 0 Å². The van der Waals surface area contributed by atoms with Crippen LogP contribution in [-0.2, 0) is 6.54 Å². The first-order valence-electron chi connectivity index (χ1n) is 6.48. The van der Waals surface area contributed by atoms with Crippen LogP contribution in [0.5, 0.6) is 5.75 Å². The lowest BCUT2D eigenvalue weighted by Crippen LogP contribution is -2.37. The maximum atomic E-state index is 5.89. The first-order chi connectivity index (χ1) is 8.71. The van der Waals surface area contributed by atoms with Crippen LogP contribution < -0.4 is 10.5 Å². The van der Waals surface area contributed by atoms with Crippen molar-refractivity contribution < 1.29 is 4.74 Å². The number of thioether (sulfide) groups is 1. The summed E-state index contributed by atoms with van der Waals surface area (Å²) in [4.78, 5) is 2.51. The van der Waals surface area contributed by atoms with E-state index in [1.807, 2.05) is 12.1 Å². The number of nitrogens with zero attached hydrogens (tertiary/aromatic N) is 1. The predicted molar refractivity (Wildman–Crippen MR) is 79.2 cm³/mol. The van der Waals surface area contributed by atoms with Crippen molar-refractivity contribution in [3.05, 3.63) is 23.8 Å². The molecule has 1 aliphatic heterocycles. The van der Waals surface area contributed by atoms with E-state index in [9.17, 15) is 0 Å². The molecule has 2 N–H and O–H groups in total. The van der Waals surface area contributed by atoms with Gasteiger partial charge >= 0.3 is 0 Å². The molecular formula is C14H22N2OS. The minimum absolute atomic E-state index is 0.779. The lowest BCUT2D eigenvalue weighted by atomic mass is 10.1. The molecule has 1 aliphatic rings. The van der Waals surface area contributed by atoms with Gasteiger partial charge in [0, 0.05) is 42.4 Å². The van der Waals surface area contributed by atoms with Gasteiger partial charge in [0.2, 0.25) is 0 Å². The highest BCUT2D eigenvalue weighted by atomic mass is 32.2. The number of rotatable bonds is 4. The Morgan fingerprint density at radius 1 is 1.44 bits per heavy atom. The second kappa shape index (κ2) is 6.34. The Bertz CT molecular complexity index is 397. The topological polar surface area (TPSA) is 38.5 Å². The second-order valence-corrected chi connectivity index (χ2v) is 6.16. The van der Waals surface area contributed by atoms with Crippen molar-refractivity contribution in [1.29, 1.82) is 0 Å². The molecule has 4 heteroatoms. The molecule has 18 heavy (non-hydrogen) atoms. The van der Waals surface area contributed by atoms with Gasteiger partial charge in [0.15, 0.2) is 0 Å². The monoisotopic (exact) mass is 266 g/mol. The van der Waals surface area contributed by atoms with E-state index in [0.717, 1.165) is 29.8 Å². The summed E-state index contributed by atoms with van der Waals surface area (Å²) in [6.07, 6.45) is 1.25. The summed E-state index contributed by atoms with van der Waals surface area (Å²) < 4.78 is 5.26. The summed E-state index contributed by atoms with van der Waals surface area (Å²) in [7, 11) is 1.68. The van der Waals surface area contributed by atoms with Crippen molar-refractivity contribution in [3.8, 4) is 5.75 Å². The van der Waals surface area contributed by atoms with Crippen molar-refractivity contribution in [2.24, 2.45) is 0 Å². The molecule has 1 fully saturated rings. The van der Waals surface area contributed by atoms with E-state index in [1.165, 1.54) is 24.3 Å².